The first-order chi connectivity index (χ1) is 38.0. The maximum atomic E-state index is 12.9. The summed E-state index contributed by atoms with van der Waals surface area (Å²) in [5.74, 6) is -1.00. The van der Waals surface area contributed by atoms with Gasteiger partial charge in [0.1, 0.15) is 13.2 Å². The van der Waals surface area contributed by atoms with Crippen molar-refractivity contribution >= 4 is 17.9 Å². The van der Waals surface area contributed by atoms with E-state index >= 15 is 0 Å². The van der Waals surface area contributed by atoms with Crippen molar-refractivity contribution in [3.63, 3.8) is 0 Å². The Hall–Kier alpha value is -4.71. The van der Waals surface area contributed by atoms with Crippen LogP contribution in [0.3, 0.4) is 0 Å². The van der Waals surface area contributed by atoms with Gasteiger partial charge in [-0.1, -0.05) is 263 Å². The number of esters is 3. The molecule has 0 fully saturated rings. The highest BCUT2D eigenvalue weighted by Gasteiger charge is 2.19. The van der Waals surface area contributed by atoms with E-state index in [0.717, 1.165) is 128 Å². The van der Waals surface area contributed by atoms with Crippen LogP contribution in [0.1, 0.15) is 265 Å². The fourth-order valence-corrected chi connectivity index (χ4v) is 8.25. The zero-order valence-corrected chi connectivity index (χ0v) is 49.7. The number of carbonyl (C=O) groups is 3. The number of allylic oxidation sites excluding steroid dienone is 24. The molecule has 6 nitrogen and oxygen atoms in total. The molecule has 1 unspecified atom stereocenters. The van der Waals surface area contributed by atoms with E-state index < -0.39 is 6.10 Å². The lowest BCUT2D eigenvalue weighted by Crippen LogP contribution is -2.30. The summed E-state index contributed by atoms with van der Waals surface area (Å²) in [5, 5.41) is 0. The predicted octanol–water partition coefficient (Wildman–Crippen LogP) is 21.5. The smallest absolute Gasteiger partial charge is 0.306 e. The van der Waals surface area contributed by atoms with Gasteiger partial charge in [0.2, 0.25) is 0 Å². The van der Waals surface area contributed by atoms with Gasteiger partial charge in [0.15, 0.2) is 6.10 Å². The second-order valence-electron chi connectivity index (χ2n) is 20.2. The Labute approximate surface area is 474 Å². The molecule has 0 radical (unpaired) electrons. The standard InChI is InChI=1S/C71H114O6/c1-4-7-10-13-16-19-22-25-27-29-30-31-32-33-34-35-36-37-38-39-40-42-43-46-49-52-55-58-61-64-70(73)76-67-68(66-75-69(72)63-60-57-54-51-48-45-24-21-18-15-12-9-6-3)77-71(74)65-62-59-56-53-50-47-44-41-28-26-23-20-17-14-11-8-5-2/h7-12,16-21,25-28,30-31,44-45,47-48,53,56,68H,4-6,13-15,22-24,29,32-43,46,49-52,54-55,57-67H2,1-3H3/b10-7-,11-8-,12-9-,19-16-,20-17-,21-18-,27-25-,28-26-,31-30-,47-44-,48-45-,56-53-. The lowest BCUT2D eigenvalue weighted by Gasteiger charge is -2.18. The Balaban J connectivity index is 4.33. The number of hydrogen-bond acceptors (Lipinski definition) is 6. The average molecular weight is 1060 g/mol. The van der Waals surface area contributed by atoms with Gasteiger partial charge in [0.25, 0.3) is 0 Å². The summed E-state index contributed by atoms with van der Waals surface area (Å²) in [4.78, 5) is 38.2. The van der Waals surface area contributed by atoms with Crippen LogP contribution >= 0.6 is 0 Å². The van der Waals surface area contributed by atoms with Crippen LogP contribution in [0, 0.1) is 0 Å². The van der Waals surface area contributed by atoms with Crippen molar-refractivity contribution in [1.82, 2.24) is 0 Å². The van der Waals surface area contributed by atoms with Crippen molar-refractivity contribution in [2.45, 2.75) is 271 Å². The zero-order chi connectivity index (χ0) is 55.7. The van der Waals surface area contributed by atoms with E-state index in [9.17, 15) is 14.4 Å². The maximum absolute atomic E-state index is 12.9. The Kier molecular flexibility index (Phi) is 59.9. The molecule has 0 amide bonds. The first-order valence-corrected chi connectivity index (χ1v) is 31.3. The summed E-state index contributed by atoms with van der Waals surface area (Å²) in [7, 11) is 0. The molecular formula is C71H114O6. The highest BCUT2D eigenvalue weighted by atomic mass is 16.6. The summed E-state index contributed by atoms with van der Waals surface area (Å²) in [5.41, 5.74) is 0. The monoisotopic (exact) mass is 1060 g/mol. The molecule has 0 saturated heterocycles. The largest absolute Gasteiger partial charge is 0.462 e. The van der Waals surface area contributed by atoms with Crippen molar-refractivity contribution < 1.29 is 28.6 Å². The molecule has 0 aliphatic carbocycles. The summed E-state index contributed by atoms with van der Waals surface area (Å²) >= 11 is 0. The average Bonchev–Trinajstić information content (AvgIpc) is 3.43. The van der Waals surface area contributed by atoms with E-state index in [1.807, 2.05) is 0 Å². The minimum Gasteiger partial charge on any atom is -0.462 e. The Bertz CT molecular complexity index is 1700. The van der Waals surface area contributed by atoms with Crippen LogP contribution in [0.5, 0.6) is 0 Å². The van der Waals surface area contributed by atoms with Crippen molar-refractivity contribution in [2.24, 2.45) is 0 Å². The predicted molar refractivity (Wildman–Crippen MR) is 334 cm³/mol. The van der Waals surface area contributed by atoms with Gasteiger partial charge in [-0.25, -0.2) is 0 Å². The van der Waals surface area contributed by atoms with Gasteiger partial charge in [-0.3, -0.25) is 14.4 Å². The summed E-state index contributed by atoms with van der Waals surface area (Å²) in [6, 6.07) is 0. The SMILES string of the molecule is CC/C=C\C/C=C\C/C=C\C/C=C\C/C=C\CCCC(=O)OC(COC(=O)CCCCC/C=C\C/C=C\C/C=C\CC)COC(=O)CCCCCCCCCCCCCCCCCC/C=C\C/C=C\C/C=C\C/C=C\CC. The molecular weight excluding hydrogens is 949 g/mol. The number of hydrogen-bond donors (Lipinski definition) is 0. The first kappa shape index (κ1) is 72.3. The molecule has 0 bridgehead atoms. The molecule has 0 aliphatic heterocycles. The van der Waals surface area contributed by atoms with E-state index in [2.05, 4.69) is 167 Å². The Morgan fingerprint density at radius 1 is 0.260 bits per heavy atom. The van der Waals surface area contributed by atoms with Crippen molar-refractivity contribution in [3.8, 4) is 0 Å². The topological polar surface area (TPSA) is 78.9 Å². The van der Waals surface area contributed by atoms with Crippen LogP contribution in [-0.2, 0) is 28.6 Å². The summed E-state index contributed by atoms with van der Waals surface area (Å²) in [6.07, 6.45) is 91.6. The van der Waals surface area contributed by atoms with E-state index in [0.29, 0.717) is 19.3 Å². The van der Waals surface area contributed by atoms with Gasteiger partial charge in [0.05, 0.1) is 0 Å². The second-order valence-corrected chi connectivity index (χ2v) is 20.2. The molecule has 0 rings (SSSR count). The molecule has 0 aromatic carbocycles. The summed E-state index contributed by atoms with van der Waals surface area (Å²) in [6.45, 7) is 6.23. The van der Waals surface area contributed by atoms with Gasteiger partial charge in [0, 0.05) is 19.3 Å². The fourth-order valence-electron chi connectivity index (χ4n) is 8.25. The van der Waals surface area contributed by atoms with E-state index in [4.69, 9.17) is 14.2 Å². The third-order valence-electron chi connectivity index (χ3n) is 12.8. The van der Waals surface area contributed by atoms with Gasteiger partial charge >= 0.3 is 17.9 Å². The lowest BCUT2D eigenvalue weighted by molar-refractivity contribution is -0.167. The molecule has 6 heteroatoms. The minimum atomic E-state index is -0.825. The van der Waals surface area contributed by atoms with Crippen LogP contribution in [-0.4, -0.2) is 37.2 Å². The molecule has 0 aromatic heterocycles. The third kappa shape index (κ3) is 62.0. The highest BCUT2D eigenvalue weighted by Crippen LogP contribution is 2.16. The molecule has 0 aromatic rings. The van der Waals surface area contributed by atoms with Gasteiger partial charge in [-0.15, -0.1) is 0 Å². The molecule has 0 heterocycles. The van der Waals surface area contributed by atoms with Gasteiger partial charge < -0.3 is 14.2 Å². The van der Waals surface area contributed by atoms with Gasteiger partial charge in [-0.2, -0.15) is 0 Å². The molecule has 77 heavy (non-hydrogen) atoms. The number of rotatable bonds is 55. The van der Waals surface area contributed by atoms with Crippen molar-refractivity contribution in [3.05, 3.63) is 146 Å². The first-order valence-electron chi connectivity index (χ1n) is 31.3. The maximum Gasteiger partial charge on any atom is 0.306 e. The number of carbonyl (C=O) groups excluding carboxylic acids is 3. The van der Waals surface area contributed by atoms with Gasteiger partial charge in [-0.05, 0) is 128 Å². The van der Waals surface area contributed by atoms with E-state index in [1.165, 1.54) is 89.9 Å². The van der Waals surface area contributed by atoms with Crippen LogP contribution in [0.4, 0.5) is 0 Å². The quantitative estimate of drug-likeness (QED) is 0.0261. The second kappa shape index (κ2) is 63.8. The van der Waals surface area contributed by atoms with E-state index in [1.54, 1.807) is 0 Å². The number of unbranched alkanes of at least 4 members (excludes halogenated alkanes) is 20. The molecule has 0 saturated carbocycles. The molecule has 1 atom stereocenters. The van der Waals surface area contributed by atoms with Crippen LogP contribution in [0.15, 0.2) is 146 Å². The van der Waals surface area contributed by atoms with Crippen LogP contribution in [0.2, 0.25) is 0 Å². The Morgan fingerprint density at radius 3 is 0.779 bits per heavy atom. The van der Waals surface area contributed by atoms with E-state index in [-0.39, 0.29) is 37.5 Å². The normalized spacial score (nSPS) is 13.1. The van der Waals surface area contributed by atoms with Crippen LogP contribution < -0.4 is 0 Å². The number of ether oxygens (including phenoxy) is 3. The molecule has 0 aliphatic rings. The van der Waals surface area contributed by atoms with Crippen molar-refractivity contribution in [1.29, 1.82) is 0 Å². The molecule has 0 N–H and O–H groups in total. The lowest BCUT2D eigenvalue weighted by atomic mass is 10.0. The highest BCUT2D eigenvalue weighted by molar-refractivity contribution is 5.71. The zero-order valence-electron chi connectivity index (χ0n) is 49.7. The third-order valence-corrected chi connectivity index (χ3v) is 12.8. The molecule has 434 valence electrons. The minimum absolute atomic E-state index is 0.114. The Morgan fingerprint density at radius 2 is 0.481 bits per heavy atom. The van der Waals surface area contributed by atoms with Crippen LogP contribution in [0.25, 0.3) is 0 Å². The summed E-state index contributed by atoms with van der Waals surface area (Å²) < 4.78 is 16.8. The van der Waals surface area contributed by atoms with Crippen molar-refractivity contribution in [2.75, 3.05) is 13.2 Å². The fraction of sp³-hybridized carbons (Fsp3) is 0.620. The molecule has 0 spiro atoms.